The Morgan fingerprint density at radius 3 is 2.20 bits per heavy atom. The number of aryl methyl sites for hydroxylation is 1. The van der Waals surface area contributed by atoms with E-state index >= 15 is 0 Å². The van der Waals surface area contributed by atoms with Gasteiger partial charge >= 0.3 is 7.12 Å². The molecule has 1 heterocycles. The van der Waals surface area contributed by atoms with Crippen LogP contribution in [0.2, 0.25) is 0 Å². The minimum Gasteiger partial charge on any atom is -0.402 e. The van der Waals surface area contributed by atoms with E-state index in [1.807, 2.05) is 45.9 Å². The Labute approximate surface area is 181 Å². The molecule has 0 spiro atoms. The Hall–Kier alpha value is -1.42. The predicted octanol–water partition coefficient (Wildman–Crippen LogP) is 1.89. The second-order valence-corrected chi connectivity index (χ2v) is 11.4. The normalized spacial score (nSPS) is 20.0. The van der Waals surface area contributed by atoms with Crippen molar-refractivity contribution in [2.75, 3.05) is 12.0 Å². The minimum absolute atomic E-state index is 0.0742. The zero-order valence-electron chi connectivity index (χ0n) is 18.7. The van der Waals surface area contributed by atoms with Crippen LogP contribution < -0.4 is 11.1 Å². The average molecular weight is 438 g/mol. The number of hydrogen-bond donors (Lipinski definition) is 2. The quantitative estimate of drug-likeness (QED) is 0.541. The fourth-order valence-electron chi connectivity index (χ4n) is 3.26. The van der Waals surface area contributed by atoms with Crippen LogP contribution in [0.25, 0.3) is 0 Å². The minimum atomic E-state index is -3.18. The summed E-state index contributed by atoms with van der Waals surface area (Å²) in [6, 6.07) is 9.23. The Balaban J connectivity index is 2.04. The van der Waals surface area contributed by atoms with Crippen LogP contribution in [0.5, 0.6) is 0 Å². The zero-order chi connectivity index (χ0) is 22.6. The molecular formula is C21H35BN2O5S. The van der Waals surface area contributed by atoms with Crippen LogP contribution in [-0.2, 0) is 30.4 Å². The molecule has 1 unspecified atom stereocenters. The summed E-state index contributed by atoms with van der Waals surface area (Å²) in [7, 11) is -3.78. The summed E-state index contributed by atoms with van der Waals surface area (Å²) in [6.07, 6.45) is 3.56. The van der Waals surface area contributed by atoms with Gasteiger partial charge in [0.25, 0.3) is 0 Å². The van der Waals surface area contributed by atoms with Crippen molar-refractivity contribution in [3.05, 3.63) is 35.9 Å². The molecule has 1 aromatic carbocycles. The molecule has 2 rings (SSSR count). The van der Waals surface area contributed by atoms with Crippen molar-refractivity contribution < 1.29 is 22.5 Å². The topological polar surface area (TPSA) is 108 Å². The summed E-state index contributed by atoms with van der Waals surface area (Å²) in [6.45, 7) is 7.86. The monoisotopic (exact) mass is 438 g/mol. The number of benzene rings is 1. The molecule has 1 aliphatic rings. The van der Waals surface area contributed by atoms with E-state index in [2.05, 4.69) is 17.4 Å². The first-order valence-electron chi connectivity index (χ1n) is 10.4. The maximum Gasteiger partial charge on any atom is 0.481 e. The van der Waals surface area contributed by atoms with Gasteiger partial charge in [-0.3, -0.25) is 4.79 Å². The van der Waals surface area contributed by atoms with Crippen LogP contribution in [0.3, 0.4) is 0 Å². The number of carbonyl (C=O) groups is 1. The zero-order valence-corrected chi connectivity index (χ0v) is 19.5. The highest BCUT2D eigenvalue weighted by Crippen LogP contribution is 2.38. The number of hydrogen-bond acceptors (Lipinski definition) is 6. The first kappa shape index (κ1) is 24.9. The molecule has 30 heavy (non-hydrogen) atoms. The summed E-state index contributed by atoms with van der Waals surface area (Å²) < 4.78 is 35.1. The van der Waals surface area contributed by atoms with E-state index in [9.17, 15) is 13.2 Å². The Morgan fingerprint density at radius 1 is 1.10 bits per heavy atom. The Kier molecular flexibility index (Phi) is 8.12. The second-order valence-electron chi connectivity index (χ2n) is 9.14. The van der Waals surface area contributed by atoms with Gasteiger partial charge < -0.3 is 20.4 Å². The molecule has 2 atom stereocenters. The molecule has 1 aliphatic heterocycles. The molecule has 0 bridgehead atoms. The van der Waals surface area contributed by atoms with E-state index in [-0.39, 0.29) is 18.1 Å². The van der Waals surface area contributed by atoms with Gasteiger partial charge in [0.2, 0.25) is 5.91 Å². The van der Waals surface area contributed by atoms with Gasteiger partial charge in [0, 0.05) is 6.26 Å². The number of nitrogens with two attached hydrogens (primary N) is 1. The van der Waals surface area contributed by atoms with Crippen molar-refractivity contribution >= 4 is 22.9 Å². The molecule has 0 aliphatic carbocycles. The van der Waals surface area contributed by atoms with Crippen molar-refractivity contribution in [2.45, 2.75) is 76.6 Å². The standard InChI is InChI=1S/C21H35BN2O5S/c1-20(2)21(3,4)29-22(28-20)18(13-9-12-16-10-7-6-8-11-16)24-19(25)17(23)14-15-30(5,26)27/h6-8,10-11,17-18H,9,12-15,23H2,1-5H3,(H,24,25)/t17?,18-/m0/s1. The molecule has 1 aromatic rings. The third-order valence-corrected chi connectivity index (χ3v) is 6.86. The first-order chi connectivity index (χ1) is 13.8. The summed E-state index contributed by atoms with van der Waals surface area (Å²) in [5, 5.41) is 2.95. The lowest BCUT2D eigenvalue weighted by atomic mass is 9.75. The summed E-state index contributed by atoms with van der Waals surface area (Å²) in [5.41, 5.74) is 6.13. The van der Waals surface area contributed by atoms with Crippen LogP contribution in [-0.4, -0.2) is 56.6 Å². The predicted molar refractivity (Wildman–Crippen MR) is 120 cm³/mol. The van der Waals surface area contributed by atoms with Gasteiger partial charge in [0.1, 0.15) is 9.84 Å². The molecule has 1 saturated heterocycles. The van der Waals surface area contributed by atoms with E-state index in [0.717, 1.165) is 19.1 Å². The van der Waals surface area contributed by atoms with E-state index in [1.54, 1.807) is 0 Å². The van der Waals surface area contributed by atoms with Crippen LogP contribution in [0, 0.1) is 0 Å². The smallest absolute Gasteiger partial charge is 0.402 e. The highest BCUT2D eigenvalue weighted by atomic mass is 32.2. The molecule has 9 heteroatoms. The summed E-state index contributed by atoms with van der Waals surface area (Å²) in [5.74, 6) is -0.902. The maximum atomic E-state index is 12.6. The van der Waals surface area contributed by atoms with E-state index in [0.29, 0.717) is 6.42 Å². The van der Waals surface area contributed by atoms with Gasteiger partial charge in [-0.2, -0.15) is 0 Å². The molecule has 1 amide bonds. The molecule has 168 valence electrons. The van der Waals surface area contributed by atoms with Crippen molar-refractivity contribution in [2.24, 2.45) is 5.73 Å². The lowest BCUT2D eigenvalue weighted by Gasteiger charge is -2.32. The maximum absolute atomic E-state index is 12.6. The fraction of sp³-hybridized carbons (Fsp3) is 0.667. The van der Waals surface area contributed by atoms with Crippen LogP contribution in [0.15, 0.2) is 30.3 Å². The van der Waals surface area contributed by atoms with Gasteiger partial charge in [-0.1, -0.05) is 30.3 Å². The number of sulfone groups is 1. The molecule has 1 fully saturated rings. The number of carbonyl (C=O) groups excluding carboxylic acids is 1. The third kappa shape index (κ3) is 7.08. The summed E-state index contributed by atoms with van der Waals surface area (Å²) >= 11 is 0. The fourth-order valence-corrected chi connectivity index (χ4v) is 3.94. The number of amides is 1. The van der Waals surface area contributed by atoms with Crippen molar-refractivity contribution in [1.29, 1.82) is 0 Å². The third-order valence-electron chi connectivity index (χ3n) is 5.89. The molecule has 0 radical (unpaired) electrons. The van der Waals surface area contributed by atoms with Gasteiger partial charge in [-0.15, -0.1) is 0 Å². The molecule has 7 nitrogen and oxygen atoms in total. The SMILES string of the molecule is CC1(C)OB([C@H](CCCc2ccccc2)NC(=O)C(N)CCS(C)(=O)=O)OC1(C)C. The van der Waals surface area contributed by atoms with Crippen molar-refractivity contribution in [3.8, 4) is 0 Å². The molecule has 0 aromatic heterocycles. The van der Waals surface area contributed by atoms with Gasteiger partial charge in [0.15, 0.2) is 0 Å². The Bertz CT molecular complexity index is 798. The van der Waals surface area contributed by atoms with E-state index < -0.39 is 40.1 Å². The van der Waals surface area contributed by atoms with Gasteiger partial charge in [-0.25, -0.2) is 8.42 Å². The average Bonchev–Trinajstić information content (AvgIpc) is 2.86. The largest absolute Gasteiger partial charge is 0.481 e. The summed E-state index contributed by atoms with van der Waals surface area (Å²) in [4.78, 5) is 12.6. The van der Waals surface area contributed by atoms with E-state index in [4.69, 9.17) is 15.0 Å². The lowest BCUT2D eigenvalue weighted by Crippen LogP contribution is -2.53. The molecule has 3 N–H and O–H groups in total. The number of nitrogens with one attached hydrogen (secondary N) is 1. The first-order valence-corrected chi connectivity index (χ1v) is 12.5. The van der Waals surface area contributed by atoms with Crippen molar-refractivity contribution in [1.82, 2.24) is 5.32 Å². The van der Waals surface area contributed by atoms with Gasteiger partial charge in [-0.05, 0) is 58.9 Å². The van der Waals surface area contributed by atoms with Crippen molar-refractivity contribution in [3.63, 3.8) is 0 Å². The van der Waals surface area contributed by atoms with E-state index in [1.165, 1.54) is 5.56 Å². The van der Waals surface area contributed by atoms with Gasteiger partial charge in [0.05, 0.1) is 28.9 Å². The molecular weight excluding hydrogens is 403 g/mol. The molecule has 0 saturated carbocycles. The van der Waals surface area contributed by atoms with Crippen LogP contribution in [0.1, 0.15) is 52.5 Å². The lowest BCUT2D eigenvalue weighted by molar-refractivity contribution is -0.122. The second kappa shape index (κ2) is 9.81. The Morgan fingerprint density at radius 2 is 1.67 bits per heavy atom. The van der Waals surface area contributed by atoms with Crippen LogP contribution in [0.4, 0.5) is 0 Å². The highest BCUT2D eigenvalue weighted by Gasteiger charge is 2.54. The highest BCUT2D eigenvalue weighted by molar-refractivity contribution is 7.90. The number of rotatable bonds is 10. The van der Waals surface area contributed by atoms with Crippen LogP contribution >= 0.6 is 0 Å².